The summed E-state index contributed by atoms with van der Waals surface area (Å²) in [5.41, 5.74) is 0. The molecule has 1 aliphatic heterocycles. The first-order valence-corrected chi connectivity index (χ1v) is 5.81. The van der Waals surface area contributed by atoms with Gasteiger partial charge in [0, 0.05) is 12.3 Å². The number of rotatable bonds is 4. The molecule has 1 aliphatic rings. The molecule has 0 spiro atoms. The van der Waals surface area contributed by atoms with Crippen LogP contribution in [-0.2, 0) is 0 Å². The summed E-state index contributed by atoms with van der Waals surface area (Å²) < 4.78 is 1.01. The molecule has 16 heavy (non-hydrogen) atoms. The molecule has 3 unspecified atom stereocenters. The molecule has 0 bridgehead atoms. The van der Waals surface area contributed by atoms with E-state index in [1.807, 2.05) is 12.2 Å². The van der Waals surface area contributed by atoms with Gasteiger partial charge in [-0.3, -0.25) is 0 Å². The summed E-state index contributed by atoms with van der Waals surface area (Å²) in [6, 6.07) is 0.493. The Balaban J connectivity index is 0.00000225. The smallest absolute Gasteiger partial charge is 0.0975 e. The molecule has 1 heterocycles. The van der Waals surface area contributed by atoms with Crippen LogP contribution in [0.4, 0.5) is 0 Å². The third-order valence-corrected chi connectivity index (χ3v) is 3.81. The highest BCUT2D eigenvalue weighted by atomic mass is 79.9. The van der Waals surface area contributed by atoms with Crippen LogP contribution in [-0.4, -0.2) is 41.4 Å². The molecule has 1 fully saturated rings. The van der Waals surface area contributed by atoms with Gasteiger partial charge in [-0.05, 0) is 19.1 Å². The number of likely N-dealkylation sites (tertiary alicyclic amines) is 1. The van der Waals surface area contributed by atoms with Crippen molar-refractivity contribution in [2.24, 2.45) is 5.92 Å². The van der Waals surface area contributed by atoms with Crippen molar-refractivity contribution < 1.29 is 26.6 Å². The predicted octanol–water partition coefficient (Wildman–Crippen LogP) is -1.03. The minimum absolute atomic E-state index is 0. The number of quaternary nitrogens is 1. The van der Waals surface area contributed by atoms with Gasteiger partial charge in [0.2, 0.25) is 0 Å². The maximum absolute atomic E-state index is 9.86. The summed E-state index contributed by atoms with van der Waals surface area (Å²) in [7, 11) is 0. The Morgan fingerprint density at radius 1 is 1.25 bits per heavy atom. The fourth-order valence-electron chi connectivity index (χ4n) is 2.78. The van der Waals surface area contributed by atoms with Crippen molar-refractivity contribution in [1.82, 2.24) is 0 Å². The van der Waals surface area contributed by atoms with Gasteiger partial charge >= 0.3 is 0 Å². The summed E-state index contributed by atoms with van der Waals surface area (Å²) in [6.45, 7) is 15.0. The van der Waals surface area contributed by atoms with Gasteiger partial charge in [0.15, 0.2) is 0 Å². The Morgan fingerprint density at radius 3 is 2.19 bits per heavy atom. The summed E-state index contributed by atoms with van der Waals surface area (Å²) in [5.74, 6) is 0.376. The summed E-state index contributed by atoms with van der Waals surface area (Å²) in [6.07, 6.45) is 4.73. The monoisotopic (exact) mass is 289 g/mol. The molecule has 0 aromatic carbocycles. The van der Waals surface area contributed by atoms with Crippen molar-refractivity contribution in [2.45, 2.75) is 32.4 Å². The number of hydrogen-bond acceptors (Lipinski definition) is 1. The Kier molecular flexibility index (Phi) is 6.53. The van der Waals surface area contributed by atoms with Crippen LogP contribution in [0.5, 0.6) is 0 Å². The average molecular weight is 290 g/mol. The number of nitrogens with zero attached hydrogens (tertiary/aromatic N) is 1. The topological polar surface area (TPSA) is 20.2 Å². The molecule has 0 amide bonds. The van der Waals surface area contributed by atoms with Crippen molar-refractivity contribution in [3.05, 3.63) is 25.3 Å². The quantitative estimate of drug-likeness (QED) is 0.518. The summed E-state index contributed by atoms with van der Waals surface area (Å²) in [4.78, 5) is 0. The minimum Gasteiger partial charge on any atom is -1.00 e. The standard InChI is InChI=1S/C13H24NO.BrH/c1-5-7-14(8-6-2)10-11(3)13(15)9-12(14)4;/h5-6,11-13,15H,1-2,7-10H2,3-4H3;1H/q+1;/p-1. The molecule has 94 valence electrons. The Labute approximate surface area is 110 Å². The second kappa shape index (κ2) is 6.58. The zero-order chi connectivity index (χ0) is 11.5. The normalized spacial score (nSPS) is 32.6. The SMILES string of the molecule is C=CC[N+]1(CC=C)CC(C)C(O)CC1C.[Br-]. The van der Waals surface area contributed by atoms with Crippen molar-refractivity contribution in [2.75, 3.05) is 19.6 Å². The Hall–Kier alpha value is -0.120. The molecule has 0 aromatic heterocycles. The fourth-order valence-corrected chi connectivity index (χ4v) is 2.78. The molecule has 2 nitrogen and oxygen atoms in total. The highest BCUT2D eigenvalue weighted by Gasteiger charge is 2.41. The first-order chi connectivity index (χ1) is 7.05. The summed E-state index contributed by atoms with van der Waals surface area (Å²) >= 11 is 0. The molecule has 3 atom stereocenters. The number of piperidine rings is 1. The van der Waals surface area contributed by atoms with Crippen LogP contribution in [0.1, 0.15) is 20.3 Å². The van der Waals surface area contributed by atoms with Gasteiger partial charge in [-0.1, -0.05) is 20.1 Å². The highest BCUT2D eigenvalue weighted by Crippen LogP contribution is 2.29. The van der Waals surface area contributed by atoms with Crippen LogP contribution in [0.2, 0.25) is 0 Å². The molecule has 0 saturated carbocycles. The van der Waals surface area contributed by atoms with E-state index in [9.17, 15) is 5.11 Å². The molecule has 1 rings (SSSR count). The fraction of sp³-hybridized carbons (Fsp3) is 0.692. The lowest BCUT2D eigenvalue weighted by Gasteiger charge is -2.49. The number of aliphatic hydroxyl groups is 1. The van der Waals surface area contributed by atoms with Gasteiger partial charge in [0.05, 0.1) is 31.8 Å². The zero-order valence-corrected chi connectivity index (χ0v) is 12.0. The third kappa shape index (κ3) is 3.19. The second-order valence-electron chi connectivity index (χ2n) is 4.97. The highest BCUT2D eigenvalue weighted by molar-refractivity contribution is 4.81. The van der Waals surface area contributed by atoms with Crippen LogP contribution in [0, 0.1) is 5.92 Å². The van der Waals surface area contributed by atoms with E-state index in [4.69, 9.17) is 0 Å². The van der Waals surface area contributed by atoms with Crippen LogP contribution >= 0.6 is 0 Å². The van der Waals surface area contributed by atoms with Gasteiger partial charge in [-0.15, -0.1) is 0 Å². The predicted molar refractivity (Wildman–Crippen MR) is 64.5 cm³/mol. The maximum Gasteiger partial charge on any atom is 0.0975 e. The van der Waals surface area contributed by atoms with Crippen molar-refractivity contribution in [3.63, 3.8) is 0 Å². The third-order valence-electron chi connectivity index (χ3n) is 3.81. The summed E-state index contributed by atoms with van der Waals surface area (Å²) in [5, 5.41) is 9.86. The van der Waals surface area contributed by atoms with E-state index >= 15 is 0 Å². The van der Waals surface area contributed by atoms with E-state index in [-0.39, 0.29) is 23.1 Å². The Bertz CT molecular complexity index is 232. The lowest BCUT2D eigenvalue weighted by molar-refractivity contribution is -0.948. The molecule has 0 radical (unpaired) electrons. The van der Waals surface area contributed by atoms with Gasteiger partial charge in [0.1, 0.15) is 0 Å². The van der Waals surface area contributed by atoms with E-state index in [0.29, 0.717) is 12.0 Å². The van der Waals surface area contributed by atoms with Crippen molar-refractivity contribution in [3.8, 4) is 0 Å². The average Bonchev–Trinajstić information content (AvgIpc) is 2.16. The minimum atomic E-state index is -0.138. The van der Waals surface area contributed by atoms with Crippen LogP contribution in [0.3, 0.4) is 0 Å². The van der Waals surface area contributed by atoms with E-state index in [2.05, 4.69) is 27.0 Å². The zero-order valence-electron chi connectivity index (χ0n) is 10.4. The molecule has 1 N–H and O–H groups in total. The lowest BCUT2D eigenvalue weighted by Crippen LogP contribution is -3.00. The van der Waals surface area contributed by atoms with E-state index in [1.54, 1.807) is 0 Å². The molecule has 0 aliphatic carbocycles. The van der Waals surface area contributed by atoms with E-state index in [0.717, 1.165) is 30.5 Å². The first kappa shape index (κ1) is 15.9. The molecule has 1 saturated heterocycles. The Morgan fingerprint density at radius 2 is 1.75 bits per heavy atom. The van der Waals surface area contributed by atoms with Gasteiger partial charge in [-0.2, -0.15) is 0 Å². The van der Waals surface area contributed by atoms with Gasteiger partial charge in [-0.25, -0.2) is 0 Å². The van der Waals surface area contributed by atoms with Gasteiger partial charge < -0.3 is 26.6 Å². The van der Waals surface area contributed by atoms with Crippen LogP contribution < -0.4 is 17.0 Å². The van der Waals surface area contributed by atoms with Crippen molar-refractivity contribution >= 4 is 0 Å². The second-order valence-corrected chi connectivity index (χ2v) is 4.97. The van der Waals surface area contributed by atoms with Crippen LogP contribution in [0.25, 0.3) is 0 Å². The maximum atomic E-state index is 9.86. The number of hydrogen-bond donors (Lipinski definition) is 1. The molecular weight excluding hydrogens is 266 g/mol. The number of aliphatic hydroxyl groups excluding tert-OH is 1. The van der Waals surface area contributed by atoms with Crippen LogP contribution in [0.15, 0.2) is 25.3 Å². The first-order valence-electron chi connectivity index (χ1n) is 5.81. The van der Waals surface area contributed by atoms with E-state index < -0.39 is 0 Å². The molecule has 0 aromatic rings. The molecule has 3 heteroatoms. The van der Waals surface area contributed by atoms with Gasteiger partial charge in [0.25, 0.3) is 0 Å². The van der Waals surface area contributed by atoms with Crippen molar-refractivity contribution in [1.29, 1.82) is 0 Å². The van der Waals surface area contributed by atoms with E-state index in [1.165, 1.54) is 0 Å². The number of halogens is 1. The lowest BCUT2D eigenvalue weighted by atomic mass is 9.89. The molecular formula is C13H24BrNO. The largest absolute Gasteiger partial charge is 1.00 e.